The summed E-state index contributed by atoms with van der Waals surface area (Å²) in [5, 5.41) is 11.1. The summed E-state index contributed by atoms with van der Waals surface area (Å²) < 4.78 is 0. The third-order valence-corrected chi connectivity index (χ3v) is 3.12. The third kappa shape index (κ3) is 2.01. The molecule has 56 valence electrons. The van der Waals surface area contributed by atoms with E-state index in [9.17, 15) is 0 Å². The van der Waals surface area contributed by atoms with Gasteiger partial charge in [0.1, 0.15) is 5.44 Å². The average molecular weight is 174 g/mol. The van der Waals surface area contributed by atoms with Crippen molar-refractivity contribution in [2.75, 3.05) is 0 Å². The van der Waals surface area contributed by atoms with Gasteiger partial charge in [0, 0.05) is 9.77 Å². The molecule has 1 aromatic rings. The Morgan fingerprint density at radius 1 is 1.70 bits per heavy atom. The molecule has 0 saturated heterocycles. The molecule has 0 aliphatic heterocycles. The van der Waals surface area contributed by atoms with Crippen LogP contribution < -0.4 is 0 Å². The Morgan fingerprint density at radius 3 is 2.80 bits per heavy atom. The van der Waals surface area contributed by atoms with E-state index < -0.39 is 0 Å². The standard InChI is InChI=1S/C7H10OS2/c1-5-7(3-4-9-5)10-6(2)8/h3-4,6,8H,1-2H3. The number of thiophene rings is 1. The minimum Gasteiger partial charge on any atom is -0.382 e. The summed E-state index contributed by atoms with van der Waals surface area (Å²) in [7, 11) is 0. The van der Waals surface area contributed by atoms with Gasteiger partial charge in [0.25, 0.3) is 0 Å². The molecule has 10 heavy (non-hydrogen) atoms. The average Bonchev–Trinajstić information content (AvgIpc) is 2.15. The highest BCUT2D eigenvalue weighted by atomic mass is 32.2. The maximum atomic E-state index is 9.02. The molecular weight excluding hydrogens is 164 g/mol. The van der Waals surface area contributed by atoms with Crippen LogP contribution in [-0.2, 0) is 0 Å². The molecule has 0 spiro atoms. The monoisotopic (exact) mass is 174 g/mol. The van der Waals surface area contributed by atoms with Gasteiger partial charge in [-0.15, -0.1) is 11.3 Å². The van der Waals surface area contributed by atoms with E-state index in [0.717, 1.165) is 0 Å². The molecule has 0 radical (unpaired) electrons. The zero-order valence-corrected chi connectivity index (χ0v) is 7.63. The number of thioether (sulfide) groups is 1. The van der Waals surface area contributed by atoms with Crippen LogP contribution in [0.25, 0.3) is 0 Å². The number of aliphatic hydroxyl groups is 1. The Labute approximate surface area is 69.1 Å². The number of hydrogen-bond acceptors (Lipinski definition) is 3. The second-order valence-electron chi connectivity index (χ2n) is 2.06. The van der Waals surface area contributed by atoms with Gasteiger partial charge in [-0.1, -0.05) is 11.8 Å². The second kappa shape index (κ2) is 3.42. The van der Waals surface area contributed by atoms with E-state index in [1.165, 1.54) is 21.5 Å². The van der Waals surface area contributed by atoms with E-state index in [2.05, 4.69) is 6.92 Å². The third-order valence-electron chi connectivity index (χ3n) is 1.11. The number of hydrogen-bond donors (Lipinski definition) is 1. The lowest BCUT2D eigenvalue weighted by atomic mass is 10.5. The summed E-state index contributed by atoms with van der Waals surface area (Å²) in [4.78, 5) is 2.48. The van der Waals surface area contributed by atoms with Gasteiger partial charge in [0.2, 0.25) is 0 Å². The molecule has 0 bridgehead atoms. The molecule has 1 unspecified atom stereocenters. The van der Waals surface area contributed by atoms with Crippen LogP contribution in [0.3, 0.4) is 0 Å². The predicted octanol–water partition coefficient (Wildman–Crippen LogP) is 2.49. The SMILES string of the molecule is Cc1sccc1SC(C)O. The maximum absolute atomic E-state index is 9.02. The van der Waals surface area contributed by atoms with Crippen molar-refractivity contribution in [2.24, 2.45) is 0 Å². The van der Waals surface area contributed by atoms with Crippen molar-refractivity contribution in [2.45, 2.75) is 24.2 Å². The maximum Gasteiger partial charge on any atom is 0.101 e. The van der Waals surface area contributed by atoms with Crippen LogP contribution in [0, 0.1) is 6.92 Å². The second-order valence-corrected chi connectivity index (χ2v) is 4.54. The van der Waals surface area contributed by atoms with E-state index >= 15 is 0 Å². The summed E-state index contributed by atoms with van der Waals surface area (Å²) >= 11 is 3.21. The summed E-state index contributed by atoms with van der Waals surface area (Å²) in [6.07, 6.45) is 0. The zero-order valence-electron chi connectivity index (χ0n) is 6.00. The molecule has 1 nitrogen and oxygen atoms in total. The quantitative estimate of drug-likeness (QED) is 0.549. The highest BCUT2D eigenvalue weighted by Gasteiger charge is 2.02. The number of rotatable bonds is 2. The van der Waals surface area contributed by atoms with Gasteiger partial charge in [-0.25, -0.2) is 0 Å². The van der Waals surface area contributed by atoms with Gasteiger partial charge in [-0.3, -0.25) is 0 Å². The lowest BCUT2D eigenvalue weighted by molar-refractivity contribution is 0.284. The molecule has 0 fully saturated rings. The molecular formula is C7H10OS2. The summed E-state index contributed by atoms with van der Waals surface area (Å²) in [5.41, 5.74) is -0.298. The van der Waals surface area contributed by atoms with Crippen molar-refractivity contribution in [3.05, 3.63) is 16.3 Å². The number of aryl methyl sites for hydroxylation is 1. The molecule has 1 atom stereocenters. The molecule has 0 amide bonds. The van der Waals surface area contributed by atoms with Crippen molar-refractivity contribution in [3.8, 4) is 0 Å². The van der Waals surface area contributed by atoms with E-state index in [1.54, 1.807) is 18.3 Å². The molecule has 1 heterocycles. The Morgan fingerprint density at radius 2 is 2.40 bits per heavy atom. The van der Waals surface area contributed by atoms with E-state index in [0.29, 0.717) is 0 Å². The molecule has 1 aromatic heterocycles. The molecule has 1 N–H and O–H groups in total. The largest absolute Gasteiger partial charge is 0.382 e. The van der Waals surface area contributed by atoms with Gasteiger partial charge >= 0.3 is 0 Å². The van der Waals surface area contributed by atoms with Gasteiger partial charge in [-0.05, 0) is 25.3 Å². The van der Waals surface area contributed by atoms with Gasteiger partial charge in [0.15, 0.2) is 0 Å². The van der Waals surface area contributed by atoms with Crippen LogP contribution in [0.1, 0.15) is 11.8 Å². The highest BCUT2D eigenvalue weighted by molar-refractivity contribution is 7.99. The van der Waals surface area contributed by atoms with Crippen LogP contribution in [0.4, 0.5) is 0 Å². The Bertz CT molecular complexity index is 205. The van der Waals surface area contributed by atoms with Crippen LogP contribution in [0.5, 0.6) is 0 Å². The lowest BCUT2D eigenvalue weighted by Gasteiger charge is -2.01. The van der Waals surface area contributed by atoms with Crippen LogP contribution >= 0.6 is 23.1 Å². The topological polar surface area (TPSA) is 20.2 Å². The Hall–Kier alpha value is 0.01000. The fourth-order valence-electron chi connectivity index (χ4n) is 0.679. The minimum atomic E-state index is -0.298. The van der Waals surface area contributed by atoms with E-state index in [1.807, 2.05) is 11.4 Å². The van der Waals surface area contributed by atoms with Crippen molar-refractivity contribution >= 4 is 23.1 Å². The molecule has 0 aromatic carbocycles. The van der Waals surface area contributed by atoms with Crippen molar-refractivity contribution in [1.82, 2.24) is 0 Å². The van der Waals surface area contributed by atoms with Gasteiger partial charge in [-0.2, -0.15) is 0 Å². The Kier molecular flexibility index (Phi) is 2.77. The minimum absolute atomic E-state index is 0.298. The van der Waals surface area contributed by atoms with Crippen LogP contribution in [0.15, 0.2) is 16.3 Å². The fourth-order valence-corrected chi connectivity index (χ4v) is 2.33. The highest BCUT2D eigenvalue weighted by Crippen LogP contribution is 2.28. The first-order chi connectivity index (χ1) is 4.70. The van der Waals surface area contributed by atoms with Crippen LogP contribution in [0.2, 0.25) is 0 Å². The first-order valence-corrected chi connectivity index (χ1v) is 4.85. The molecule has 3 heteroatoms. The Balaban J connectivity index is 2.65. The first-order valence-electron chi connectivity index (χ1n) is 3.09. The molecule has 0 saturated carbocycles. The van der Waals surface area contributed by atoms with Gasteiger partial charge < -0.3 is 5.11 Å². The molecule has 0 aliphatic carbocycles. The molecule has 0 aliphatic rings. The smallest absolute Gasteiger partial charge is 0.101 e. The van der Waals surface area contributed by atoms with E-state index in [-0.39, 0.29) is 5.44 Å². The summed E-state index contributed by atoms with van der Waals surface area (Å²) in [6.45, 7) is 3.84. The first kappa shape index (κ1) is 8.11. The summed E-state index contributed by atoms with van der Waals surface area (Å²) in [6, 6.07) is 2.04. The van der Waals surface area contributed by atoms with Crippen molar-refractivity contribution < 1.29 is 5.11 Å². The lowest BCUT2D eigenvalue weighted by Crippen LogP contribution is -1.90. The van der Waals surface area contributed by atoms with Crippen LogP contribution in [-0.4, -0.2) is 10.5 Å². The normalized spacial score (nSPS) is 13.5. The van der Waals surface area contributed by atoms with Crippen molar-refractivity contribution in [3.63, 3.8) is 0 Å². The van der Waals surface area contributed by atoms with Gasteiger partial charge in [0.05, 0.1) is 0 Å². The predicted molar refractivity (Wildman–Crippen MR) is 46.6 cm³/mol. The van der Waals surface area contributed by atoms with E-state index in [4.69, 9.17) is 5.11 Å². The number of aliphatic hydroxyl groups excluding tert-OH is 1. The fraction of sp³-hybridized carbons (Fsp3) is 0.429. The molecule has 1 rings (SSSR count). The van der Waals surface area contributed by atoms with Crippen molar-refractivity contribution in [1.29, 1.82) is 0 Å². The summed E-state index contributed by atoms with van der Waals surface area (Å²) in [5.74, 6) is 0. The zero-order chi connectivity index (χ0) is 7.56.